The Morgan fingerprint density at radius 1 is 1.10 bits per heavy atom. The molecule has 2 aromatic carbocycles. The molecule has 0 atom stereocenters. The van der Waals surface area contributed by atoms with Crippen LogP contribution in [0.3, 0.4) is 0 Å². The molecule has 0 aliphatic carbocycles. The topological polar surface area (TPSA) is 55.6 Å². The van der Waals surface area contributed by atoms with E-state index in [0.29, 0.717) is 37.6 Å². The highest BCUT2D eigenvalue weighted by molar-refractivity contribution is 6.30. The first-order valence-electron chi connectivity index (χ1n) is 10.7. The zero-order chi connectivity index (χ0) is 21.7. The molecular formula is C25H27ClN2O3. The second kappa shape index (κ2) is 9.67. The maximum absolute atomic E-state index is 13.6. The summed E-state index contributed by atoms with van der Waals surface area (Å²) in [6.45, 7) is 1.79. The van der Waals surface area contributed by atoms with Crippen molar-refractivity contribution in [2.24, 2.45) is 0 Å². The lowest BCUT2D eigenvalue weighted by Crippen LogP contribution is -2.49. The van der Waals surface area contributed by atoms with Crippen LogP contribution in [0.1, 0.15) is 30.6 Å². The smallest absolute Gasteiger partial charge is 0.233 e. The van der Waals surface area contributed by atoms with E-state index in [-0.39, 0.29) is 5.91 Å². The van der Waals surface area contributed by atoms with Gasteiger partial charge < -0.3 is 14.2 Å². The SMILES string of the molecule is CN(CCCc1cc(-c2ccccc2)no1)C(=O)C1(c2cccc(Cl)c2)CCOCC1. The average Bonchev–Trinajstić information content (AvgIpc) is 3.28. The Labute approximate surface area is 187 Å². The number of rotatable bonds is 7. The maximum Gasteiger partial charge on any atom is 0.233 e. The summed E-state index contributed by atoms with van der Waals surface area (Å²) >= 11 is 6.24. The number of nitrogens with zero attached hydrogens (tertiary/aromatic N) is 2. The average molecular weight is 439 g/mol. The molecule has 1 fully saturated rings. The van der Waals surface area contributed by atoms with E-state index in [1.807, 2.05) is 72.6 Å². The van der Waals surface area contributed by atoms with Crippen LogP contribution in [0, 0.1) is 0 Å². The monoisotopic (exact) mass is 438 g/mol. The van der Waals surface area contributed by atoms with Gasteiger partial charge in [-0.1, -0.05) is 59.2 Å². The van der Waals surface area contributed by atoms with Gasteiger partial charge in [-0.15, -0.1) is 0 Å². The predicted octanol–water partition coefficient (Wildman–Crippen LogP) is 5.13. The molecular weight excluding hydrogens is 412 g/mol. The van der Waals surface area contributed by atoms with Gasteiger partial charge in [0.25, 0.3) is 0 Å². The molecule has 1 amide bonds. The number of aromatic nitrogens is 1. The highest BCUT2D eigenvalue weighted by Crippen LogP contribution is 2.37. The molecule has 3 aromatic rings. The summed E-state index contributed by atoms with van der Waals surface area (Å²) in [5, 5.41) is 4.82. The van der Waals surface area contributed by atoms with Crippen LogP contribution < -0.4 is 0 Å². The zero-order valence-corrected chi connectivity index (χ0v) is 18.5. The van der Waals surface area contributed by atoms with E-state index < -0.39 is 5.41 Å². The van der Waals surface area contributed by atoms with Crippen molar-refractivity contribution in [1.29, 1.82) is 0 Å². The second-order valence-corrected chi connectivity index (χ2v) is 8.52. The molecule has 5 nitrogen and oxygen atoms in total. The van der Waals surface area contributed by atoms with Crippen LogP contribution in [-0.2, 0) is 21.4 Å². The van der Waals surface area contributed by atoms with Crippen molar-refractivity contribution in [2.75, 3.05) is 26.8 Å². The van der Waals surface area contributed by atoms with Gasteiger partial charge in [-0.3, -0.25) is 4.79 Å². The maximum atomic E-state index is 13.6. The number of carbonyl (C=O) groups is 1. The number of ether oxygens (including phenoxy) is 1. The lowest BCUT2D eigenvalue weighted by molar-refractivity contribution is -0.140. The highest BCUT2D eigenvalue weighted by Gasteiger charge is 2.43. The largest absolute Gasteiger partial charge is 0.381 e. The van der Waals surface area contributed by atoms with Crippen LogP contribution >= 0.6 is 11.6 Å². The van der Waals surface area contributed by atoms with E-state index in [0.717, 1.165) is 35.4 Å². The quantitative estimate of drug-likeness (QED) is 0.512. The first-order chi connectivity index (χ1) is 15.1. The first-order valence-corrected chi connectivity index (χ1v) is 11.1. The molecule has 6 heteroatoms. The first kappa shape index (κ1) is 21.6. The number of halogens is 1. The molecule has 0 N–H and O–H groups in total. The molecule has 0 bridgehead atoms. The van der Waals surface area contributed by atoms with Crippen molar-refractivity contribution >= 4 is 17.5 Å². The number of hydrogen-bond donors (Lipinski definition) is 0. The van der Waals surface area contributed by atoms with E-state index >= 15 is 0 Å². The van der Waals surface area contributed by atoms with Crippen LogP contribution in [0.4, 0.5) is 0 Å². The minimum atomic E-state index is -0.579. The third kappa shape index (κ3) is 4.83. The number of benzene rings is 2. The number of hydrogen-bond acceptors (Lipinski definition) is 4. The van der Waals surface area contributed by atoms with Crippen molar-refractivity contribution in [3.63, 3.8) is 0 Å². The summed E-state index contributed by atoms with van der Waals surface area (Å²) in [7, 11) is 1.87. The predicted molar refractivity (Wildman–Crippen MR) is 121 cm³/mol. The van der Waals surface area contributed by atoms with Gasteiger partial charge in [0.05, 0.1) is 5.41 Å². The number of amides is 1. The molecule has 0 spiro atoms. The summed E-state index contributed by atoms with van der Waals surface area (Å²) < 4.78 is 11.1. The van der Waals surface area contributed by atoms with Crippen LogP contribution in [0.5, 0.6) is 0 Å². The summed E-state index contributed by atoms with van der Waals surface area (Å²) in [5.74, 6) is 0.955. The van der Waals surface area contributed by atoms with Gasteiger partial charge in [-0.05, 0) is 37.0 Å². The van der Waals surface area contributed by atoms with E-state index in [4.69, 9.17) is 20.9 Å². The molecule has 1 aliphatic rings. The molecule has 1 saturated heterocycles. The molecule has 1 aliphatic heterocycles. The van der Waals surface area contributed by atoms with Crippen molar-refractivity contribution in [3.8, 4) is 11.3 Å². The zero-order valence-electron chi connectivity index (χ0n) is 17.7. The molecule has 2 heterocycles. The number of likely N-dealkylation sites (N-methyl/N-ethyl adjacent to an activating group) is 1. The fourth-order valence-corrected chi connectivity index (χ4v) is 4.46. The number of aryl methyl sites for hydroxylation is 1. The Morgan fingerprint density at radius 2 is 1.87 bits per heavy atom. The van der Waals surface area contributed by atoms with E-state index in [1.54, 1.807) is 0 Å². The molecule has 0 saturated carbocycles. The van der Waals surface area contributed by atoms with Crippen molar-refractivity contribution < 1.29 is 14.1 Å². The summed E-state index contributed by atoms with van der Waals surface area (Å²) in [5.41, 5.74) is 2.27. The van der Waals surface area contributed by atoms with Crippen LogP contribution in [0.25, 0.3) is 11.3 Å². The fourth-order valence-electron chi connectivity index (χ4n) is 4.27. The van der Waals surface area contributed by atoms with Gasteiger partial charge in [0.15, 0.2) is 0 Å². The lowest BCUT2D eigenvalue weighted by atomic mass is 9.73. The molecule has 0 unspecified atom stereocenters. The highest BCUT2D eigenvalue weighted by atomic mass is 35.5. The van der Waals surface area contributed by atoms with Gasteiger partial charge in [0.1, 0.15) is 11.5 Å². The normalized spacial score (nSPS) is 15.5. The summed E-state index contributed by atoms with van der Waals surface area (Å²) in [4.78, 5) is 15.4. The summed E-state index contributed by atoms with van der Waals surface area (Å²) in [6.07, 6.45) is 2.86. The molecule has 162 valence electrons. The second-order valence-electron chi connectivity index (χ2n) is 8.08. The number of carbonyl (C=O) groups excluding carboxylic acids is 1. The van der Waals surface area contributed by atoms with Crippen LogP contribution in [0.2, 0.25) is 5.02 Å². The van der Waals surface area contributed by atoms with Crippen LogP contribution in [0.15, 0.2) is 65.2 Å². The van der Waals surface area contributed by atoms with Crippen molar-refractivity contribution in [1.82, 2.24) is 10.1 Å². The standard InChI is InChI=1S/C25H27ClN2O3/c1-28(14-6-11-22-18-23(27-31-22)19-7-3-2-4-8-19)24(29)25(12-15-30-16-13-25)20-9-5-10-21(26)17-20/h2-5,7-10,17-18H,6,11-16H2,1H3. The third-order valence-electron chi connectivity index (χ3n) is 6.02. The van der Waals surface area contributed by atoms with Gasteiger partial charge >= 0.3 is 0 Å². The third-order valence-corrected chi connectivity index (χ3v) is 6.26. The molecule has 4 rings (SSSR count). The Bertz CT molecular complexity index is 1010. The molecule has 1 aromatic heterocycles. The van der Waals surface area contributed by atoms with Gasteiger partial charge in [0.2, 0.25) is 5.91 Å². The Balaban J connectivity index is 1.40. The summed E-state index contributed by atoms with van der Waals surface area (Å²) in [6, 6.07) is 19.6. The Kier molecular flexibility index (Phi) is 6.73. The Hall–Kier alpha value is -2.63. The van der Waals surface area contributed by atoms with Gasteiger partial charge in [0, 0.05) is 49.9 Å². The minimum absolute atomic E-state index is 0.126. The van der Waals surface area contributed by atoms with Crippen molar-refractivity contribution in [2.45, 2.75) is 31.1 Å². The van der Waals surface area contributed by atoms with E-state index in [9.17, 15) is 4.79 Å². The van der Waals surface area contributed by atoms with Crippen LogP contribution in [-0.4, -0.2) is 42.8 Å². The molecule has 31 heavy (non-hydrogen) atoms. The fraction of sp³-hybridized carbons (Fsp3) is 0.360. The van der Waals surface area contributed by atoms with E-state index in [1.165, 1.54) is 0 Å². The lowest BCUT2D eigenvalue weighted by Gasteiger charge is -2.39. The molecule has 0 radical (unpaired) electrons. The van der Waals surface area contributed by atoms with Gasteiger partial charge in [-0.2, -0.15) is 0 Å². The minimum Gasteiger partial charge on any atom is -0.381 e. The Morgan fingerprint density at radius 3 is 2.61 bits per heavy atom. The van der Waals surface area contributed by atoms with Gasteiger partial charge in [-0.25, -0.2) is 0 Å². The van der Waals surface area contributed by atoms with E-state index in [2.05, 4.69) is 5.16 Å². The van der Waals surface area contributed by atoms with Crippen molar-refractivity contribution in [3.05, 3.63) is 77.0 Å².